The number of allylic oxidation sites excluding steroid dienone is 1. The summed E-state index contributed by atoms with van der Waals surface area (Å²) >= 11 is 0. The van der Waals surface area contributed by atoms with Crippen LogP contribution in [0.2, 0.25) is 0 Å². The maximum absolute atomic E-state index is 6.64. The number of fused-ring (bicyclic) bond motifs is 3. The number of aryl methyl sites for hydroxylation is 1. The van der Waals surface area contributed by atoms with Gasteiger partial charge in [0.05, 0.1) is 5.56 Å². The molecule has 6 rings (SSSR count). The molecule has 1 aliphatic rings. The summed E-state index contributed by atoms with van der Waals surface area (Å²) in [6, 6.07) is 26.4. The molecule has 0 spiro atoms. The quantitative estimate of drug-likeness (QED) is 0.238. The minimum Gasteiger partial charge on any atom is -0.455 e. The summed E-state index contributed by atoms with van der Waals surface area (Å²) in [5, 5.41) is 2.43. The molecule has 1 atom stereocenters. The molecule has 3 heteroatoms. The number of nitrogens with zero attached hydrogens (tertiary/aromatic N) is 1. The second-order valence-corrected chi connectivity index (χ2v) is 10.4. The van der Waals surface area contributed by atoms with Crippen molar-refractivity contribution in [3.05, 3.63) is 107 Å². The molecule has 3 nitrogen and oxygen atoms in total. The van der Waals surface area contributed by atoms with Crippen LogP contribution in [-0.4, -0.2) is 22.3 Å². The zero-order chi connectivity index (χ0) is 24.6. The highest BCUT2D eigenvalue weighted by Gasteiger charge is 2.28. The van der Waals surface area contributed by atoms with E-state index in [1.165, 1.54) is 44.4 Å². The van der Waals surface area contributed by atoms with Crippen molar-refractivity contribution in [1.29, 1.82) is 0 Å². The summed E-state index contributed by atoms with van der Waals surface area (Å²) < 4.78 is 9.08. The Hall–Kier alpha value is -3.85. The maximum Gasteiger partial charge on any atom is 0.200 e. The third-order valence-electron chi connectivity index (χ3n) is 7.29. The summed E-state index contributed by atoms with van der Waals surface area (Å²) in [5.41, 5.74) is 9.61. The van der Waals surface area contributed by atoms with E-state index in [1.807, 2.05) is 0 Å². The molecule has 5 aromatic rings. The van der Waals surface area contributed by atoms with E-state index >= 15 is 0 Å². The van der Waals surface area contributed by atoms with Crippen molar-refractivity contribution in [2.45, 2.75) is 39.7 Å². The number of aromatic amines is 1. The molecule has 3 heterocycles. The maximum atomic E-state index is 6.64. The largest absolute Gasteiger partial charge is 0.455 e. The van der Waals surface area contributed by atoms with E-state index in [2.05, 4.69) is 121 Å². The van der Waals surface area contributed by atoms with Crippen molar-refractivity contribution in [3.8, 4) is 11.3 Å². The summed E-state index contributed by atoms with van der Waals surface area (Å²) in [5.74, 6) is 0.587. The second-order valence-electron chi connectivity index (χ2n) is 10.4. The lowest BCUT2D eigenvalue weighted by atomic mass is 9.99. The van der Waals surface area contributed by atoms with E-state index in [4.69, 9.17) is 4.42 Å². The number of H-pyrrole nitrogens is 1. The normalized spacial score (nSPS) is 15.4. The average Bonchev–Trinajstić information content (AvgIpc) is 3.61. The van der Waals surface area contributed by atoms with Crippen LogP contribution in [0, 0.1) is 12.8 Å². The van der Waals surface area contributed by atoms with E-state index in [9.17, 15) is 0 Å². The second kappa shape index (κ2) is 9.31. The minimum atomic E-state index is 0.169. The molecule has 1 aliphatic heterocycles. The third-order valence-corrected chi connectivity index (χ3v) is 7.29. The van der Waals surface area contributed by atoms with Gasteiger partial charge in [-0.1, -0.05) is 68.4 Å². The number of rotatable bonds is 7. The summed E-state index contributed by atoms with van der Waals surface area (Å²) in [6.45, 7) is 7.56. The molecule has 0 fully saturated rings. The molecule has 0 aliphatic carbocycles. The fraction of sp³-hybridized carbons (Fsp3) is 0.242. The SMILES string of the molecule is Cc1ccc(-c2ccccc2CC[N+]2=CC=CC2c2cccc3c2oc2c(CC(C)C)cccc23)[nH]1. The zero-order valence-corrected chi connectivity index (χ0v) is 21.3. The van der Waals surface area contributed by atoms with Crippen LogP contribution in [-0.2, 0) is 12.8 Å². The lowest BCUT2D eigenvalue weighted by molar-refractivity contribution is -0.551. The van der Waals surface area contributed by atoms with Gasteiger partial charge in [-0.25, -0.2) is 4.58 Å². The van der Waals surface area contributed by atoms with Crippen LogP contribution >= 0.6 is 0 Å². The minimum absolute atomic E-state index is 0.169. The van der Waals surface area contributed by atoms with Crippen molar-refractivity contribution in [2.24, 2.45) is 5.92 Å². The van der Waals surface area contributed by atoms with Gasteiger partial charge in [0.1, 0.15) is 17.7 Å². The summed E-state index contributed by atoms with van der Waals surface area (Å²) in [7, 11) is 0. The van der Waals surface area contributed by atoms with Crippen molar-refractivity contribution >= 4 is 28.2 Å². The van der Waals surface area contributed by atoms with E-state index in [0.29, 0.717) is 5.92 Å². The summed E-state index contributed by atoms with van der Waals surface area (Å²) in [4.78, 5) is 3.50. The molecule has 1 N–H and O–H groups in total. The third kappa shape index (κ3) is 4.09. The lowest BCUT2D eigenvalue weighted by Gasteiger charge is -2.12. The predicted molar refractivity (Wildman–Crippen MR) is 150 cm³/mol. The van der Waals surface area contributed by atoms with Gasteiger partial charge < -0.3 is 9.40 Å². The Kier molecular flexibility index (Phi) is 5.85. The smallest absolute Gasteiger partial charge is 0.200 e. The average molecular weight is 474 g/mol. The highest BCUT2D eigenvalue weighted by atomic mass is 16.3. The molecule has 0 saturated heterocycles. The van der Waals surface area contributed by atoms with Crippen LogP contribution in [0.4, 0.5) is 0 Å². The number of benzene rings is 3. The van der Waals surface area contributed by atoms with Gasteiger partial charge in [0.15, 0.2) is 6.21 Å². The summed E-state index contributed by atoms with van der Waals surface area (Å²) in [6.07, 6.45) is 8.68. The van der Waals surface area contributed by atoms with Crippen LogP contribution in [0.15, 0.2) is 89.4 Å². The number of aromatic nitrogens is 1. The van der Waals surface area contributed by atoms with Gasteiger partial charge in [0, 0.05) is 40.2 Å². The van der Waals surface area contributed by atoms with Gasteiger partial charge in [0.2, 0.25) is 6.04 Å². The van der Waals surface area contributed by atoms with Crippen molar-refractivity contribution < 1.29 is 8.99 Å². The highest BCUT2D eigenvalue weighted by Crippen LogP contribution is 2.37. The van der Waals surface area contributed by atoms with Gasteiger partial charge in [-0.3, -0.25) is 0 Å². The fourth-order valence-electron chi connectivity index (χ4n) is 5.61. The van der Waals surface area contributed by atoms with Crippen LogP contribution in [0.25, 0.3) is 33.2 Å². The Morgan fingerprint density at radius 1 is 0.861 bits per heavy atom. The molecule has 1 unspecified atom stereocenters. The van der Waals surface area contributed by atoms with E-state index < -0.39 is 0 Å². The number of hydrogen-bond acceptors (Lipinski definition) is 1. The molecule has 36 heavy (non-hydrogen) atoms. The lowest BCUT2D eigenvalue weighted by Crippen LogP contribution is -2.18. The number of para-hydroxylation sites is 2. The predicted octanol–water partition coefficient (Wildman–Crippen LogP) is 8.02. The first-order valence-corrected chi connectivity index (χ1v) is 13.0. The topological polar surface area (TPSA) is 31.9 Å². The van der Waals surface area contributed by atoms with Gasteiger partial charge >= 0.3 is 0 Å². The Bertz CT molecular complexity index is 1610. The molecule has 2 aromatic heterocycles. The van der Waals surface area contributed by atoms with Crippen molar-refractivity contribution in [2.75, 3.05) is 6.54 Å². The van der Waals surface area contributed by atoms with E-state index in [-0.39, 0.29) is 6.04 Å². The van der Waals surface area contributed by atoms with Gasteiger partial charge in [0.25, 0.3) is 0 Å². The standard InChI is InChI=1S/C33H33N2O/c1-22(2)21-25-10-6-12-27-28-13-7-14-29(33(28)36-32(25)27)31-15-8-19-35(31)20-18-24-9-4-5-11-26(24)30-17-16-23(3)34-30/h4-17,19,22,31,34H,18,20-21H2,1-3H3/q+1. The molecule has 0 radical (unpaired) electrons. The molecule has 3 aromatic carbocycles. The number of furan rings is 1. The van der Waals surface area contributed by atoms with E-state index in [0.717, 1.165) is 30.6 Å². The first kappa shape index (κ1) is 22.6. The van der Waals surface area contributed by atoms with Crippen LogP contribution in [0.3, 0.4) is 0 Å². The zero-order valence-electron chi connectivity index (χ0n) is 21.3. The Labute approximate surface area is 212 Å². The van der Waals surface area contributed by atoms with Crippen LogP contribution < -0.4 is 0 Å². The molecule has 180 valence electrons. The van der Waals surface area contributed by atoms with Crippen LogP contribution in [0.1, 0.15) is 42.3 Å². The molecule has 0 saturated carbocycles. The van der Waals surface area contributed by atoms with Crippen molar-refractivity contribution in [1.82, 2.24) is 4.98 Å². The first-order chi connectivity index (χ1) is 17.6. The molecule has 0 amide bonds. The first-order valence-electron chi connectivity index (χ1n) is 13.0. The highest BCUT2D eigenvalue weighted by molar-refractivity contribution is 6.07. The Balaban J connectivity index is 1.32. The molecular formula is C33H33N2O+. The number of nitrogens with one attached hydrogen (secondary N) is 1. The monoisotopic (exact) mass is 473 g/mol. The molecule has 0 bridgehead atoms. The fourth-order valence-corrected chi connectivity index (χ4v) is 5.61. The Morgan fingerprint density at radius 2 is 1.64 bits per heavy atom. The molecular weight excluding hydrogens is 440 g/mol. The van der Waals surface area contributed by atoms with Crippen LogP contribution in [0.5, 0.6) is 0 Å². The van der Waals surface area contributed by atoms with E-state index in [1.54, 1.807) is 0 Å². The van der Waals surface area contributed by atoms with Crippen molar-refractivity contribution in [3.63, 3.8) is 0 Å². The Morgan fingerprint density at radius 3 is 2.44 bits per heavy atom. The van der Waals surface area contributed by atoms with Gasteiger partial charge in [-0.15, -0.1) is 0 Å². The number of hydrogen-bond donors (Lipinski definition) is 1. The van der Waals surface area contributed by atoms with Gasteiger partial charge in [-0.05, 0) is 54.7 Å². The van der Waals surface area contributed by atoms with Gasteiger partial charge in [-0.2, -0.15) is 0 Å².